The van der Waals surface area contributed by atoms with E-state index in [1.165, 1.54) is 24.3 Å². The maximum atomic E-state index is 12.8. The van der Waals surface area contributed by atoms with Gasteiger partial charge in [-0.15, -0.1) is 0 Å². The lowest BCUT2D eigenvalue weighted by Crippen LogP contribution is -2.22. The number of pyridine rings is 1. The van der Waals surface area contributed by atoms with Crippen molar-refractivity contribution in [3.8, 4) is 5.82 Å². The van der Waals surface area contributed by atoms with Crippen LogP contribution in [0.2, 0.25) is 0 Å². The van der Waals surface area contributed by atoms with Gasteiger partial charge in [0, 0.05) is 30.7 Å². The fourth-order valence-electron chi connectivity index (χ4n) is 1.99. The van der Waals surface area contributed by atoms with Crippen LogP contribution in [0.3, 0.4) is 0 Å². The fourth-order valence-corrected chi connectivity index (χ4v) is 1.99. The number of hydrogen-bond acceptors (Lipinski definition) is 3. The van der Waals surface area contributed by atoms with Gasteiger partial charge < -0.3 is 5.32 Å². The highest BCUT2D eigenvalue weighted by molar-refractivity contribution is 5.94. The van der Waals surface area contributed by atoms with E-state index in [0.717, 1.165) is 5.56 Å². The molecule has 0 bridgehead atoms. The standard InChI is InChI=1S/C16H13FN4O/c17-14-4-2-13(3-5-14)16(22)19-11-12-6-8-18-15(10-12)21-9-1-7-20-21/h1-10H,11H2,(H,19,22). The van der Waals surface area contributed by atoms with Crippen LogP contribution in [0.25, 0.3) is 5.82 Å². The van der Waals surface area contributed by atoms with E-state index in [2.05, 4.69) is 15.4 Å². The molecule has 0 saturated carbocycles. The molecule has 6 heteroatoms. The lowest BCUT2D eigenvalue weighted by atomic mass is 10.2. The first-order valence-corrected chi connectivity index (χ1v) is 6.71. The van der Waals surface area contributed by atoms with E-state index in [0.29, 0.717) is 17.9 Å². The number of nitrogens with zero attached hydrogens (tertiary/aromatic N) is 3. The quantitative estimate of drug-likeness (QED) is 0.804. The summed E-state index contributed by atoms with van der Waals surface area (Å²) in [5, 5.41) is 6.90. The molecule has 2 heterocycles. The summed E-state index contributed by atoms with van der Waals surface area (Å²) in [6.45, 7) is 0.354. The third kappa shape index (κ3) is 3.17. The number of aromatic nitrogens is 3. The number of halogens is 1. The maximum absolute atomic E-state index is 12.8. The number of amides is 1. The summed E-state index contributed by atoms with van der Waals surface area (Å²) in [5.41, 5.74) is 1.32. The molecule has 110 valence electrons. The minimum atomic E-state index is -0.366. The monoisotopic (exact) mass is 296 g/mol. The van der Waals surface area contributed by atoms with Crippen LogP contribution < -0.4 is 5.32 Å². The molecule has 0 aliphatic heterocycles. The zero-order chi connectivity index (χ0) is 15.4. The Morgan fingerprint density at radius 1 is 1.18 bits per heavy atom. The molecule has 3 aromatic rings. The van der Waals surface area contributed by atoms with Crippen LogP contribution in [0.15, 0.2) is 61.1 Å². The molecule has 22 heavy (non-hydrogen) atoms. The second-order valence-electron chi connectivity index (χ2n) is 4.66. The van der Waals surface area contributed by atoms with Crippen LogP contribution in [0.5, 0.6) is 0 Å². The largest absolute Gasteiger partial charge is 0.348 e. The Bertz CT molecular complexity index is 769. The van der Waals surface area contributed by atoms with E-state index in [-0.39, 0.29) is 11.7 Å². The average molecular weight is 296 g/mol. The zero-order valence-corrected chi connectivity index (χ0v) is 11.6. The van der Waals surface area contributed by atoms with E-state index in [4.69, 9.17) is 0 Å². The first-order valence-electron chi connectivity index (χ1n) is 6.71. The second kappa shape index (κ2) is 6.17. The Labute approximate surface area is 126 Å². The molecule has 0 fully saturated rings. The van der Waals surface area contributed by atoms with Crippen LogP contribution >= 0.6 is 0 Å². The normalized spacial score (nSPS) is 10.4. The van der Waals surface area contributed by atoms with Crippen molar-refractivity contribution < 1.29 is 9.18 Å². The van der Waals surface area contributed by atoms with Gasteiger partial charge in [0.25, 0.3) is 5.91 Å². The van der Waals surface area contributed by atoms with Gasteiger partial charge in [-0.2, -0.15) is 5.10 Å². The maximum Gasteiger partial charge on any atom is 0.251 e. The molecule has 5 nitrogen and oxygen atoms in total. The van der Waals surface area contributed by atoms with Gasteiger partial charge in [0.15, 0.2) is 5.82 Å². The molecule has 0 radical (unpaired) electrons. The number of rotatable bonds is 4. The topological polar surface area (TPSA) is 59.8 Å². The summed E-state index contributed by atoms with van der Waals surface area (Å²) < 4.78 is 14.5. The number of carbonyl (C=O) groups is 1. The van der Waals surface area contributed by atoms with Crippen molar-refractivity contribution in [1.82, 2.24) is 20.1 Å². The molecular formula is C16H13FN4O. The first kappa shape index (κ1) is 13.9. The van der Waals surface area contributed by atoms with Crippen molar-refractivity contribution in [3.63, 3.8) is 0 Å². The van der Waals surface area contributed by atoms with Crippen molar-refractivity contribution in [1.29, 1.82) is 0 Å². The van der Waals surface area contributed by atoms with Crippen molar-refractivity contribution in [3.05, 3.63) is 78.0 Å². The Hall–Kier alpha value is -3.02. The van der Waals surface area contributed by atoms with Gasteiger partial charge in [0.2, 0.25) is 0 Å². The lowest BCUT2D eigenvalue weighted by molar-refractivity contribution is 0.0951. The minimum absolute atomic E-state index is 0.252. The van der Waals surface area contributed by atoms with Crippen molar-refractivity contribution in [2.45, 2.75) is 6.54 Å². The predicted molar refractivity (Wildman–Crippen MR) is 78.9 cm³/mol. The third-order valence-corrected chi connectivity index (χ3v) is 3.11. The highest BCUT2D eigenvalue weighted by Gasteiger charge is 2.06. The smallest absolute Gasteiger partial charge is 0.251 e. The summed E-state index contributed by atoms with van der Waals surface area (Å²) in [4.78, 5) is 16.2. The van der Waals surface area contributed by atoms with Gasteiger partial charge in [-0.25, -0.2) is 14.1 Å². The Morgan fingerprint density at radius 2 is 2.00 bits per heavy atom. The van der Waals surface area contributed by atoms with Gasteiger partial charge >= 0.3 is 0 Å². The molecule has 1 aromatic carbocycles. The average Bonchev–Trinajstić information content (AvgIpc) is 3.08. The summed E-state index contributed by atoms with van der Waals surface area (Å²) in [7, 11) is 0. The molecule has 0 aliphatic carbocycles. The predicted octanol–water partition coefficient (Wildman–Crippen LogP) is 2.34. The van der Waals surface area contributed by atoms with E-state index >= 15 is 0 Å². The minimum Gasteiger partial charge on any atom is -0.348 e. The van der Waals surface area contributed by atoms with E-state index in [1.54, 1.807) is 23.3 Å². The highest BCUT2D eigenvalue weighted by atomic mass is 19.1. The molecule has 0 aliphatic rings. The molecule has 3 rings (SSSR count). The van der Waals surface area contributed by atoms with Crippen molar-refractivity contribution in [2.75, 3.05) is 0 Å². The Morgan fingerprint density at radius 3 is 2.73 bits per heavy atom. The summed E-state index contributed by atoms with van der Waals surface area (Å²) in [5.74, 6) is 0.0607. The SMILES string of the molecule is O=C(NCc1ccnc(-n2cccn2)c1)c1ccc(F)cc1. The molecule has 0 spiro atoms. The molecule has 0 atom stereocenters. The molecule has 0 saturated heterocycles. The Balaban J connectivity index is 1.67. The molecular weight excluding hydrogens is 283 g/mol. The van der Waals surface area contributed by atoms with Crippen molar-refractivity contribution >= 4 is 5.91 Å². The lowest BCUT2D eigenvalue weighted by Gasteiger charge is -2.07. The van der Waals surface area contributed by atoms with Gasteiger partial charge in [-0.05, 0) is 48.0 Å². The number of nitrogens with one attached hydrogen (secondary N) is 1. The van der Waals surface area contributed by atoms with Crippen molar-refractivity contribution in [2.24, 2.45) is 0 Å². The molecule has 1 amide bonds. The van der Waals surface area contributed by atoms with Gasteiger partial charge in [0.05, 0.1) is 0 Å². The molecule has 0 unspecified atom stereocenters. The van der Waals surface area contributed by atoms with Crippen LogP contribution in [-0.4, -0.2) is 20.7 Å². The van der Waals surface area contributed by atoms with Crippen LogP contribution in [-0.2, 0) is 6.54 Å². The highest BCUT2D eigenvalue weighted by Crippen LogP contribution is 2.07. The molecule has 1 N–H and O–H groups in total. The second-order valence-corrected chi connectivity index (χ2v) is 4.66. The van der Waals surface area contributed by atoms with E-state index in [1.807, 2.05) is 18.2 Å². The van der Waals surface area contributed by atoms with Crippen LogP contribution in [0, 0.1) is 5.82 Å². The third-order valence-electron chi connectivity index (χ3n) is 3.11. The summed E-state index contributed by atoms with van der Waals surface area (Å²) in [6.07, 6.45) is 5.13. The number of hydrogen-bond donors (Lipinski definition) is 1. The number of benzene rings is 1. The molecule has 2 aromatic heterocycles. The Kier molecular flexibility index (Phi) is 3.91. The summed E-state index contributed by atoms with van der Waals surface area (Å²) >= 11 is 0. The summed E-state index contributed by atoms with van der Waals surface area (Å²) in [6, 6.07) is 10.9. The number of carbonyl (C=O) groups excluding carboxylic acids is 1. The van der Waals surface area contributed by atoms with E-state index < -0.39 is 0 Å². The van der Waals surface area contributed by atoms with Gasteiger partial charge in [0.1, 0.15) is 5.82 Å². The van der Waals surface area contributed by atoms with Crippen LogP contribution in [0.4, 0.5) is 4.39 Å². The van der Waals surface area contributed by atoms with Gasteiger partial charge in [-0.1, -0.05) is 0 Å². The first-order chi connectivity index (χ1) is 10.7. The van der Waals surface area contributed by atoms with Gasteiger partial charge in [-0.3, -0.25) is 4.79 Å². The van der Waals surface area contributed by atoms with E-state index in [9.17, 15) is 9.18 Å². The zero-order valence-electron chi connectivity index (χ0n) is 11.6. The fraction of sp³-hybridized carbons (Fsp3) is 0.0625. The van der Waals surface area contributed by atoms with Crippen LogP contribution in [0.1, 0.15) is 15.9 Å².